The maximum Gasteiger partial charge on any atom is 0.165 e. The van der Waals surface area contributed by atoms with E-state index in [2.05, 4.69) is 22.2 Å². The van der Waals surface area contributed by atoms with Gasteiger partial charge in [0.1, 0.15) is 17.7 Å². The highest BCUT2D eigenvalue weighted by Crippen LogP contribution is 2.30. The molecule has 0 radical (unpaired) electrons. The molecule has 20 heavy (non-hydrogen) atoms. The van der Waals surface area contributed by atoms with Crippen LogP contribution < -0.4 is 5.32 Å². The highest BCUT2D eigenvalue weighted by atomic mass is 16.3. The Hall–Kier alpha value is -2.36. The first-order valence-electron chi connectivity index (χ1n) is 6.76. The van der Waals surface area contributed by atoms with Crippen LogP contribution in [0.5, 0.6) is 0 Å². The Morgan fingerprint density at radius 3 is 2.75 bits per heavy atom. The summed E-state index contributed by atoms with van der Waals surface area (Å²) in [5.41, 5.74) is 3.96. The highest BCUT2D eigenvalue weighted by Gasteiger charge is 2.14. The van der Waals surface area contributed by atoms with Gasteiger partial charge in [0.25, 0.3) is 0 Å². The van der Waals surface area contributed by atoms with E-state index in [0.717, 1.165) is 40.0 Å². The molecule has 2 heterocycles. The zero-order valence-corrected chi connectivity index (χ0v) is 11.9. The lowest BCUT2D eigenvalue weighted by molar-refractivity contribution is 0.616. The number of nitrogens with one attached hydrogen (secondary N) is 1. The normalized spacial score (nSPS) is 10.9. The number of aryl methyl sites for hydroxylation is 1. The van der Waals surface area contributed by atoms with Crippen molar-refractivity contribution in [3.05, 3.63) is 41.8 Å². The summed E-state index contributed by atoms with van der Waals surface area (Å²) in [6.07, 6.45) is 2.61. The number of aromatic nitrogens is 2. The summed E-state index contributed by atoms with van der Waals surface area (Å²) >= 11 is 0. The summed E-state index contributed by atoms with van der Waals surface area (Å²) < 4.78 is 5.58. The maximum atomic E-state index is 5.58. The van der Waals surface area contributed by atoms with E-state index in [1.165, 1.54) is 0 Å². The van der Waals surface area contributed by atoms with Gasteiger partial charge in [-0.3, -0.25) is 0 Å². The largest absolute Gasteiger partial charge is 0.464 e. The van der Waals surface area contributed by atoms with Crippen molar-refractivity contribution < 1.29 is 4.42 Å². The standard InChI is InChI=1S/C16H17N3O/c1-4-13-10(2)15(17-3)19-16(18-13)12-9-20-14-8-6-5-7-11(12)14/h5-9H,4H2,1-3H3,(H,17,18,19). The van der Waals surface area contributed by atoms with Gasteiger partial charge in [0.05, 0.1) is 5.56 Å². The van der Waals surface area contributed by atoms with Gasteiger partial charge in [-0.1, -0.05) is 25.1 Å². The van der Waals surface area contributed by atoms with E-state index >= 15 is 0 Å². The summed E-state index contributed by atoms with van der Waals surface area (Å²) in [5, 5.41) is 4.18. The molecule has 0 saturated heterocycles. The summed E-state index contributed by atoms with van der Waals surface area (Å²) in [5.74, 6) is 1.58. The molecule has 1 N–H and O–H groups in total. The van der Waals surface area contributed by atoms with E-state index in [1.807, 2.05) is 38.2 Å². The Balaban J connectivity index is 2.24. The Morgan fingerprint density at radius 1 is 1.20 bits per heavy atom. The van der Waals surface area contributed by atoms with Crippen LogP contribution in [0.1, 0.15) is 18.2 Å². The Labute approximate surface area is 117 Å². The van der Waals surface area contributed by atoms with Crippen molar-refractivity contribution in [1.29, 1.82) is 0 Å². The fourth-order valence-corrected chi connectivity index (χ4v) is 2.42. The monoisotopic (exact) mass is 267 g/mol. The van der Waals surface area contributed by atoms with Crippen LogP contribution in [0, 0.1) is 6.92 Å². The predicted molar refractivity (Wildman–Crippen MR) is 80.9 cm³/mol. The third kappa shape index (κ3) is 1.93. The van der Waals surface area contributed by atoms with Crippen LogP contribution in [0.25, 0.3) is 22.4 Å². The molecule has 3 rings (SSSR count). The number of hydrogen-bond acceptors (Lipinski definition) is 4. The van der Waals surface area contributed by atoms with Gasteiger partial charge in [0.15, 0.2) is 5.82 Å². The Bertz CT molecular complexity index is 736. The van der Waals surface area contributed by atoms with Crippen molar-refractivity contribution >= 4 is 16.8 Å². The van der Waals surface area contributed by atoms with Gasteiger partial charge in [-0.25, -0.2) is 9.97 Å². The van der Waals surface area contributed by atoms with Crippen LogP contribution in [-0.2, 0) is 6.42 Å². The average molecular weight is 267 g/mol. The fourth-order valence-electron chi connectivity index (χ4n) is 2.42. The van der Waals surface area contributed by atoms with Gasteiger partial charge in [0.2, 0.25) is 0 Å². The minimum Gasteiger partial charge on any atom is -0.464 e. The highest BCUT2D eigenvalue weighted by molar-refractivity contribution is 5.92. The van der Waals surface area contributed by atoms with Gasteiger partial charge in [-0.2, -0.15) is 0 Å². The lowest BCUT2D eigenvalue weighted by Crippen LogP contribution is -2.04. The minimum atomic E-state index is 0.710. The van der Waals surface area contributed by atoms with E-state index < -0.39 is 0 Å². The zero-order chi connectivity index (χ0) is 14.1. The molecular formula is C16H17N3O. The van der Waals surface area contributed by atoms with Crippen LogP contribution in [0.4, 0.5) is 5.82 Å². The number of benzene rings is 1. The molecular weight excluding hydrogens is 250 g/mol. The van der Waals surface area contributed by atoms with Crippen LogP contribution in [0.15, 0.2) is 34.9 Å². The average Bonchev–Trinajstić information content (AvgIpc) is 2.91. The van der Waals surface area contributed by atoms with Crippen LogP contribution >= 0.6 is 0 Å². The number of fused-ring (bicyclic) bond motifs is 1. The van der Waals surface area contributed by atoms with Crippen LogP contribution in [0.3, 0.4) is 0 Å². The number of furan rings is 1. The molecule has 0 atom stereocenters. The summed E-state index contributed by atoms with van der Waals surface area (Å²) in [7, 11) is 1.88. The van der Waals surface area contributed by atoms with E-state index in [4.69, 9.17) is 4.42 Å². The van der Waals surface area contributed by atoms with Crippen molar-refractivity contribution in [2.45, 2.75) is 20.3 Å². The van der Waals surface area contributed by atoms with E-state index in [-0.39, 0.29) is 0 Å². The molecule has 0 unspecified atom stereocenters. The first-order valence-corrected chi connectivity index (χ1v) is 6.76. The Kier molecular flexibility index (Phi) is 3.14. The number of anilines is 1. The van der Waals surface area contributed by atoms with E-state index in [1.54, 1.807) is 6.26 Å². The second kappa shape index (κ2) is 4.96. The van der Waals surface area contributed by atoms with Crippen molar-refractivity contribution in [1.82, 2.24) is 9.97 Å². The molecule has 0 aliphatic heterocycles. The second-order valence-electron chi connectivity index (χ2n) is 4.72. The van der Waals surface area contributed by atoms with E-state index in [0.29, 0.717) is 5.82 Å². The van der Waals surface area contributed by atoms with Crippen LogP contribution in [0.2, 0.25) is 0 Å². The smallest absolute Gasteiger partial charge is 0.165 e. The van der Waals surface area contributed by atoms with Gasteiger partial charge in [-0.05, 0) is 19.4 Å². The maximum absolute atomic E-state index is 5.58. The molecule has 0 amide bonds. The topological polar surface area (TPSA) is 51.0 Å². The molecule has 4 heteroatoms. The van der Waals surface area contributed by atoms with Gasteiger partial charge >= 0.3 is 0 Å². The molecule has 3 aromatic rings. The first kappa shape index (κ1) is 12.7. The molecule has 0 aliphatic carbocycles. The molecule has 0 saturated carbocycles. The molecule has 0 spiro atoms. The lowest BCUT2D eigenvalue weighted by atomic mass is 10.1. The third-order valence-electron chi connectivity index (χ3n) is 3.54. The fraction of sp³-hybridized carbons (Fsp3) is 0.250. The molecule has 0 fully saturated rings. The summed E-state index contributed by atoms with van der Waals surface area (Å²) in [6, 6.07) is 7.94. The minimum absolute atomic E-state index is 0.710. The van der Waals surface area contributed by atoms with Crippen molar-refractivity contribution in [2.24, 2.45) is 0 Å². The lowest BCUT2D eigenvalue weighted by Gasteiger charge is -2.10. The molecule has 0 bridgehead atoms. The number of para-hydroxylation sites is 1. The Morgan fingerprint density at radius 2 is 2.00 bits per heavy atom. The predicted octanol–water partition coefficient (Wildman–Crippen LogP) is 3.80. The number of rotatable bonds is 3. The van der Waals surface area contributed by atoms with Gasteiger partial charge < -0.3 is 9.73 Å². The number of nitrogens with zero attached hydrogens (tertiary/aromatic N) is 2. The van der Waals surface area contributed by atoms with Crippen molar-refractivity contribution in [2.75, 3.05) is 12.4 Å². The first-order chi connectivity index (χ1) is 9.74. The molecule has 102 valence electrons. The van der Waals surface area contributed by atoms with Crippen molar-refractivity contribution in [3.63, 3.8) is 0 Å². The second-order valence-corrected chi connectivity index (χ2v) is 4.72. The third-order valence-corrected chi connectivity index (χ3v) is 3.54. The summed E-state index contributed by atoms with van der Waals surface area (Å²) in [4.78, 5) is 9.29. The van der Waals surface area contributed by atoms with Gasteiger partial charge in [-0.15, -0.1) is 0 Å². The molecule has 1 aromatic carbocycles. The van der Waals surface area contributed by atoms with Crippen molar-refractivity contribution in [3.8, 4) is 11.4 Å². The van der Waals surface area contributed by atoms with Gasteiger partial charge in [0, 0.05) is 23.7 Å². The molecule has 0 aliphatic rings. The SMILES string of the molecule is CCc1nc(-c2coc3ccccc23)nc(NC)c1C. The van der Waals surface area contributed by atoms with E-state index in [9.17, 15) is 0 Å². The molecule has 2 aromatic heterocycles. The number of hydrogen-bond donors (Lipinski definition) is 1. The zero-order valence-electron chi connectivity index (χ0n) is 11.9. The quantitative estimate of drug-likeness (QED) is 0.784. The molecule has 4 nitrogen and oxygen atoms in total. The summed E-state index contributed by atoms with van der Waals surface area (Å²) in [6.45, 7) is 4.15. The van der Waals surface area contributed by atoms with Crippen LogP contribution in [-0.4, -0.2) is 17.0 Å².